The van der Waals surface area contributed by atoms with Crippen molar-refractivity contribution < 1.29 is 4.39 Å². The Hall–Kier alpha value is -0.450. The van der Waals surface area contributed by atoms with Crippen molar-refractivity contribution in [2.24, 2.45) is 0 Å². The summed E-state index contributed by atoms with van der Waals surface area (Å²) in [7, 11) is 0. The minimum atomic E-state index is -0.169. The first-order valence-electron chi connectivity index (χ1n) is 7.92. The highest BCUT2D eigenvalue weighted by Crippen LogP contribution is 2.25. The topological polar surface area (TPSA) is 15.3 Å². The number of rotatable bonds is 4. The van der Waals surface area contributed by atoms with E-state index in [0.29, 0.717) is 6.04 Å². The van der Waals surface area contributed by atoms with Gasteiger partial charge in [-0.1, -0.05) is 29.8 Å². The van der Waals surface area contributed by atoms with E-state index in [-0.39, 0.29) is 11.4 Å². The summed E-state index contributed by atoms with van der Waals surface area (Å²) in [5, 5.41) is 3.74. The molecule has 1 aliphatic rings. The van der Waals surface area contributed by atoms with Gasteiger partial charge in [0, 0.05) is 29.1 Å². The van der Waals surface area contributed by atoms with E-state index >= 15 is 0 Å². The number of nitrogens with zero attached hydrogens (tertiary/aromatic N) is 1. The average Bonchev–Trinajstić information content (AvgIpc) is 2.58. The summed E-state index contributed by atoms with van der Waals surface area (Å²) in [5.74, 6) is -0.169. The Kier molecular flexibility index (Phi) is 5.81. The molecule has 0 amide bonds. The molecule has 21 heavy (non-hydrogen) atoms. The van der Waals surface area contributed by atoms with Crippen LogP contribution in [-0.4, -0.2) is 29.6 Å². The number of halogens is 2. The highest BCUT2D eigenvalue weighted by Gasteiger charge is 2.32. The molecule has 1 heterocycles. The zero-order chi connectivity index (χ0) is 15.5. The number of hydrogen-bond acceptors (Lipinski definition) is 2. The molecule has 4 heteroatoms. The van der Waals surface area contributed by atoms with Gasteiger partial charge in [-0.25, -0.2) is 4.39 Å². The van der Waals surface area contributed by atoms with Crippen LogP contribution < -0.4 is 5.32 Å². The summed E-state index contributed by atoms with van der Waals surface area (Å²) < 4.78 is 14.4. The first-order valence-corrected chi connectivity index (χ1v) is 8.71. The zero-order valence-electron chi connectivity index (χ0n) is 13.3. The second-order valence-electron chi connectivity index (χ2n) is 6.23. The quantitative estimate of drug-likeness (QED) is 0.863. The second-order valence-corrected chi connectivity index (χ2v) is 7.15. The van der Waals surface area contributed by atoms with Gasteiger partial charge in [0.15, 0.2) is 0 Å². The van der Waals surface area contributed by atoms with E-state index in [2.05, 4.69) is 46.9 Å². The fourth-order valence-electron chi connectivity index (χ4n) is 3.20. The Labute approximate surface area is 136 Å². The van der Waals surface area contributed by atoms with Crippen LogP contribution in [0.3, 0.4) is 0 Å². The van der Waals surface area contributed by atoms with E-state index in [9.17, 15) is 4.39 Å². The molecule has 0 aromatic heterocycles. The van der Waals surface area contributed by atoms with Gasteiger partial charge < -0.3 is 5.32 Å². The maximum Gasteiger partial charge on any atom is 0.124 e. The molecule has 0 spiro atoms. The Bertz CT molecular complexity index is 454. The van der Waals surface area contributed by atoms with Crippen molar-refractivity contribution in [3.63, 3.8) is 0 Å². The standard InChI is InChI=1S/C17H26BrFN2/c1-4-17(5-2)12-21(13(3)6-7-20-17)11-14-8-15(18)10-16(19)9-14/h8-10,13,20H,4-7,11-12H2,1-3H3. The highest BCUT2D eigenvalue weighted by molar-refractivity contribution is 9.10. The number of nitrogens with one attached hydrogen (secondary N) is 1. The lowest BCUT2D eigenvalue weighted by Gasteiger charge is -2.37. The van der Waals surface area contributed by atoms with E-state index in [0.717, 1.165) is 48.9 Å². The van der Waals surface area contributed by atoms with Gasteiger partial charge in [-0.15, -0.1) is 0 Å². The lowest BCUT2D eigenvalue weighted by atomic mass is 9.92. The second kappa shape index (κ2) is 7.21. The molecule has 118 valence electrons. The predicted octanol–water partition coefficient (Wildman–Crippen LogP) is 4.33. The zero-order valence-corrected chi connectivity index (χ0v) is 14.8. The largest absolute Gasteiger partial charge is 0.310 e. The molecule has 1 aromatic rings. The number of benzene rings is 1. The molecule has 1 saturated heterocycles. The summed E-state index contributed by atoms with van der Waals surface area (Å²) >= 11 is 3.39. The van der Waals surface area contributed by atoms with Crippen LogP contribution in [0.2, 0.25) is 0 Å². The van der Waals surface area contributed by atoms with Crippen molar-refractivity contribution >= 4 is 15.9 Å². The fraction of sp³-hybridized carbons (Fsp3) is 0.647. The van der Waals surface area contributed by atoms with Crippen molar-refractivity contribution in [1.29, 1.82) is 0 Å². The summed E-state index contributed by atoms with van der Waals surface area (Å²) in [6.45, 7) is 9.67. The summed E-state index contributed by atoms with van der Waals surface area (Å²) in [4.78, 5) is 2.49. The number of hydrogen-bond donors (Lipinski definition) is 1. The Morgan fingerprint density at radius 1 is 1.33 bits per heavy atom. The van der Waals surface area contributed by atoms with Crippen molar-refractivity contribution in [2.45, 2.75) is 58.2 Å². The lowest BCUT2D eigenvalue weighted by Crippen LogP contribution is -2.51. The molecule has 2 rings (SSSR count). The molecule has 0 bridgehead atoms. The van der Waals surface area contributed by atoms with E-state index in [1.54, 1.807) is 6.07 Å². The van der Waals surface area contributed by atoms with Crippen LogP contribution in [0, 0.1) is 5.82 Å². The van der Waals surface area contributed by atoms with Crippen LogP contribution in [-0.2, 0) is 6.54 Å². The average molecular weight is 357 g/mol. The first-order chi connectivity index (χ1) is 9.98. The maximum atomic E-state index is 13.6. The minimum absolute atomic E-state index is 0.169. The summed E-state index contributed by atoms with van der Waals surface area (Å²) in [6.07, 6.45) is 3.39. The molecule has 1 aliphatic heterocycles. The minimum Gasteiger partial charge on any atom is -0.310 e. The Morgan fingerprint density at radius 3 is 2.67 bits per heavy atom. The third-order valence-electron chi connectivity index (χ3n) is 4.85. The summed E-state index contributed by atoms with van der Waals surface area (Å²) in [5.41, 5.74) is 1.23. The molecule has 2 nitrogen and oxygen atoms in total. The van der Waals surface area contributed by atoms with Gasteiger partial charge >= 0.3 is 0 Å². The van der Waals surface area contributed by atoms with E-state index < -0.39 is 0 Å². The van der Waals surface area contributed by atoms with Gasteiger partial charge in [-0.2, -0.15) is 0 Å². The van der Waals surface area contributed by atoms with Crippen LogP contribution >= 0.6 is 15.9 Å². The van der Waals surface area contributed by atoms with Crippen LogP contribution in [0.1, 0.15) is 45.6 Å². The Morgan fingerprint density at radius 2 is 2.05 bits per heavy atom. The van der Waals surface area contributed by atoms with Crippen molar-refractivity contribution in [1.82, 2.24) is 10.2 Å². The molecule has 0 aliphatic carbocycles. The molecule has 1 unspecified atom stereocenters. The lowest BCUT2D eigenvalue weighted by molar-refractivity contribution is 0.152. The summed E-state index contributed by atoms with van der Waals surface area (Å²) in [6, 6.07) is 5.70. The molecule has 0 saturated carbocycles. The normalized spacial score (nSPS) is 23.0. The maximum absolute atomic E-state index is 13.6. The van der Waals surface area contributed by atoms with Gasteiger partial charge in [0.05, 0.1) is 0 Å². The molecular formula is C17H26BrFN2. The van der Waals surface area contributed by atoms with Gasteiger partial charge in [-0.3, -0.25) is 4.90 Å². The van der Waals surface area contributed by atoms with Crippen LogP contribution in [0.15, 0.2) is 22.7 Å². The fourth-order valence-corrected chi connectivity index (χ4v) is 3.71. The van der Waals surface area contributed by atoms with Crippen molar-refractivity contribution in [2.75, 3.05) is 13.1 Å². The van der Waals surface area contributed by atoms with Gasteiger partial charge in [0.1, 0.15) is 5.82 Å². The molecular weight excluding hydrogens is 331 g/mol. The first kappa shape index (κ1) is 16.9. The van der Waals surface area contributed by atoms with Gasteiger partial charge in [-0.05, 0) is 56.5 Å². The molecule has 1 fully saturated rings. The van der Waals surface area contributed by atoms with Crippen LogP contribution in [0.25, 0.3) is 0 Å². The Balaban J connectivity index is 2.18. The van der Waals surface area contributed by atoms with Crippen LogP contribution in [0.5, 0.6) is 0 Å². The van der Waals surface area contributed by atoms with Crippen molar-refractivity contribution in [3.8, 4) is 0 Å². The van der Waals surface area contributed by atoms with E-state index in [4.69, 9.17) is 0 Å². The van der Waals surface area contributed by atoms with Gasteiger partial charge in [0.25, 0.3) is 0 Å². The highest BCUT2D eigenvalue weighted by atomic mass is 79.9. The molecule has 0 radical (unpaired) electrons. The predicted molar refractivity (Wildman–Crippen MR) is 89.9 cm³/mol. The van der Waals surface area contributed by atoms with E-state index in [1.165, 1.54) is 6.07 Å². The molecule has 1 aromatic carbocycles. The van der Waals surface area contributed by atoms with Crippen LogP contribution in [0.4, 0.5) is 4.39 Å². The third kappa shape index (κ3) is 4.27. The van der Waals surface area contributed by atoms with Crippen molar-refractivity contribution in [3.05, 3.63) is 34.1 Å². The molecule has 1 N–H and O–H groups in total. The molecule has 1 atom stereocenters. The van der Waals surface area contributed by atoms with Gasteiger partial charge in [0.2, 0.25) is 0 Å². The monoisotopic (exact) mass is 356 g/mol. The van der Waals surface area contributed by atoms with E-state index in [1.807, 2.05) is 6.07 Å². The third-order valence-corrected chi connectivity index (χ3v) is 5.31. The smallest absolute Gasteiger partial charge is 0.124 e. The SMILES string of the molecule is CCC1(CC)CN(Cc2cc(F)cc(Br)c2)C(C)CCN1.